The maximum atomic E-state index is 12.4. The van der Waals surface area contributed by atoms with E-state index < -0.39 is 6.10 Å². The zero-order valence-electron chi connectivity index (χ0n) is 15.6. The summed E-state index contributed by atoms with van der Waals surface area (Å²) in [6, 6.07) is 4.90. The third-order valence-corrected chi connectivity index (χ3v) is 4.76. The van der Waals surface area contributed by atoms with E-state index in [1.807, 2.05) is 13.8 Å². The molecule has 2 amide bonds. The van der Waals surface area contributed by atoms with E-state index in [4.69, 9.17) is 21.1 Å². The van der Waals surface area contributed by atoms with Crippen molar-refractivity contribution in [3.8, 4) is 0 Å². The second-order valence-electron chi connectivity index (χ2n) is 6.27. The van der Waals surface area contributed by atoms with Crippen LogP contribution in [-0.4, -0.2) is 55.2 Å². The third-order valence-electron chi connectivity index (χ3n) is 4.44. The Morgan fingerprint density at radius 1 is 1.38 bits per heavy atom. The molecule has 2 atom stereocenters. The molecule has 0 aliphatic carbocycles. The molecule has 1 aliphatic rings. The van der Waals surface area contributed by atoms with Crippen LogP contribution >= 0.6 is 11.6 Å². The first kappa shape index (κ1) is 20.7. The molecule has 2 rings (SSSR count). The molecule has 1 aromatic rings. The number of carbonyl (C=O) groups is 2. The van der Waals surface area contributed by atoms with Crippen LogP contribution in [0, 0.1) is 0 Å². The van der Waals surface area contributed by atoms with Gasteiger partial charge in [0, 0.05) is 25.4 Å². The van der Waals surface area contributed by atoms with Crippen molar-refractivity contribution in [1.29, 1.82) is 0 Å². The Morgan fingerprint density at radius 3 is 2.69 bits per heavy atom. The predicted molar refractivity (Wildman–Crippen MR) is 102 cm³/mol. The summed E-state index contributed by atoms with van der Waals surface area (Å²) in [6.45, 7) is 7.93. The highest BCUT2D eigenvalue weighted by atomic mass is 35.5. The minimum atomic E-state index is -0.602. The summed E-state index contributed by atoms with van der Waals surface area (Å²) in [5.41, 5.74) is 0.958. The van der Waals surface area contributed by atoms with Crippen LogP contribution in [0.2, 0.25) is 5.02 Å². The lowest BCUT2D eigenvalue weighted by molar-refractivity contribution is -0.128. The number of amides is 2. The summed E-state index contributed by atoms with van der Waals surface area (Å²) in [6.07, 6.45) is 1.47. The number of halogens is 1. The molecular formula is C19H27ClN2O4. The molecule has 26 heavy (non-hydrogen) atoms. The topological polar surface area (TPSA) is 67.9 Å². The van der Waals surface area contributed by atoms with Crippen LogP contribution in [0.4, 0.5) is 5.69 Å². The average Bonchev–Trinajstić information content (AvgIpc) is 3.14. The number of hydrogen-bond acceptors (Lipinski definition) is 4. The van der Waals surface area contributed by atoms with E-state index in [1.54, 1.807) is 30.0 Å². The highest BCUT2D eigenvalue weighted by Crippen LogP contribution is 2.23. The van der Waals surface area contributed by atoms with Crippen molar-refractivity contribution in [3.05, 3.63) is 28.8 Å². The van der Waals surface area contributed by atoms with E-state index in [0.29, 0.717) is 36.0 Å². The van der Waals surface area contributed by atoms with Gasteiger partial charge >= 0.3 is 0 Å². The molecule has 144 valence electrons. The first-order valence-corrected chi connectivity index (χ1v) is 9.46. The molecule has 0 aromatic heterocycles. The number of rotatable bonds is 8. The van der Waals surface area contributed by atoms with Crippen LogP contribution in [0.1, 0.15) is 44.0 Å². The average molecular weight is 383 g/mol. The molecule has 1 saturated heterocycles. The van der Waals surface area contributed by atoms with Crippen molar-refractivity contribution in [2.45, 2.75) is 45.8 Å². The van der Waals surface area contributed by atoms with Crippen molar-refractivity contribution < 1.29 is 19.1 Å². The molecule has 0 radical (unpaired) electrons. The largest absolute Gasteiger partial charge is 0.376 e. The standard InChI is InChI=1S/C19H27ClN2O4/c1-4-22(5-2)19(24)16-9-8-14(11-17(16)20)21-18(23)13(3)26-12-15-7-6-10-25-15/h8-9,11,13,15H,4-7,10,12H2,1-3H3,(H,21,23). The molecule has 1 aromatic carbocycles. The second-order valence-corrected chi connectivity index (χ2v) is 6.68. The summed E-state index contributed by atoms with van der Waals surface area (Å²) >= 11 is 6.25. The Kier molecular flexibility index (Phi) is 7.87. The van der Waals surface area contributed by atoms with Crippen LogP contribution in [0.15, 0.2) is 18.2 Å². The lowest BCUT2D eigenvalue weighted by Gasteiger charge is -2.20. The van der Waals surface area contributed by atoms with Gasteiger partial charge in [0.25, 0.3) is 11.8 Å². The molecular weight excluding hydrogens is 356 g/mol. The number of nitrogens with one attached hydrogen (secondary N) is 1. The maximum Gasteiger partial charge on any atom is 0.255 e. The Hall–Kier alpha value is -1.63. The third kappa shape index (κ3) is 5.43. The summed E-state index contributed by atoms with van der Waals surface area (Å²) in [5, 5.41) is 3.08. The summed E-state index contributed by atoms with van der Waals surface area (Å²) in [7, 11) is 0. The molecule has 0 saturated carbocycles. The van der Waals surface area contributed by atoms with Gasteiger partial charge in [-0.25, -0.2) is 0 Å². The minimum absolute atomic E-state index is 0.0741. The van der Waals surface area contributed by atoms with Gasteiger partial charge in [0.15, 0.2) is 0 Å². The fraction of sp³-hybridized carbons (Fsp3) is 0.579. The van der Waals surface area contributed by atoms with Gasteiger partial charge in [0.1, 0.15) is 6.10 Å². The summed E-state index contributed by atoms with van der Waals surface area (Å²) in [5.74, 6) is -0.381. The highest BCUT2D eigenvalue weighted by molar-refractivity contribution is 6.34. The van der Waals surface area contributed by atoms with Gasteiger partial charge in [-0.15, -0.1) is 0 Å². The molecule has 0 spiro atoms. The monoisotopic (exact) mass is 382 g/mol. The number of nitrogens with zero attached hydrogens (tertiary/aromatic N) is 1. The van der Waals surface area contributed by atoms with Gasteiger partial charge in [-0.2, -0.15) is 0 Å². The van der Waals surface area contributed by atoms with Crippen molar-refractivity contribution in [2.75, 3.05) is 31.6 Å². The van der Waals surface area contributed by atoms with Crippen molar-refractivity contribution >= 4 is 29.1 Å². The van der Waals surface area contributed by atoms with E-state index in [0.717, 1.165) is 19.4 Å². The van der Waals surface area contributed by atoms with Gasteiger partial charge in [0.2, 0.25) is 0 Å². The number of benzene rings is 1. The molecule has 7 heteroatoms. The van der Waals surface area contributed by atoms with Crippen molar-refractivity contribution in [2.24, 2.45) is 0 Å². The maximum absolute atomic E-state index is 12.4. The Bertz CT molecular complexity index is 628. The molecule has 1 heterocycles. The zero-order valence-corrected chi connectivity index (χ0v) is 16.3. The Labute approximate surface area is 159 Å². The zero-order chi connectivity index (χ0) is 19.1. The highest BCUT2D eigenvalue weighted by Gasteiger charge is 2.21. The fourth-order valence-electron chi connectivity index (χ4n) is 2.79. The lowest BCUT2D eigenvalue weighted by atomic mass is 10.1. The normalized spacial score (nSPS) is 17.8. The van der Waals surface area contributed by atoms with Crippen LogP contribution in [0.25, 0.3) is 0 Å². The van der Waals surface area contributed by atoms with Crippen LogP contribution in [0.5, 0.6) is 0 Å². The lowest BCUT2D eigenvalue weighted by Crippen LogP contribution is -2.31. The Balaban J connectivity index is 1.93. The minimum Gasteiger partial charge on any atom is -0.376 e. The second kappa shape index (κ2) is 9.90. The Morgan fingerprint density at radius 2 is 2.12 bits per heavy atom. The first-order valence-electron chi connectivity index (χ1n) is 9.09. The van der Waals surface area contributed by atoms with Crippen LogP contribution in [0.3, 0.4) is 0 Å². The molecule has 1 aliphatic heterocycles. The predicted octanol–water partition coefficient (Wildman–Crippen LogP) is 3.34. The van der Waals surface area contributed by atoms with Crippen molar-refractivity contribution in [3.63, 3.8) is 0 Å². The van der Waals surface area contributed by atoms with E-state index in [9.17, 15) is 9.59 Å². The van der Waals surface area contributed by atoms with Gasteiger partial charge in [-0.05, 0) is 51.8 Å². The molecule has 1 fully saturated rings. The van der Waals surface area contributed by atoms with Crippen molar-refractivity contribution in [1.82, 2.24) is 4.90 Å². The molecule has 6 nitrogen and oxygen atoms in total. The number of anilines is 1. The van der Waals surface area contributed by atoms with E-state index >= 15 is 0 Å². The summed E-state index contributed by atoms with van der Waals surface area (Å²) in [4.78, 5) is 26.4. The first-order chi connectivity index (χ1) is 12.5. The van der Waals surface area contributed by atoms with Gasteiger partial charge in [0.05, 0.1) is 23.3 Å². The SMILES string of the molecule is CCN(CC)C(=O)c1ccc(NC(=O)C(C)OCC2CCCO2)cc1Cl. The number of ether oxygens (including phenoxy) is 2. The smallest absolute Gasteiger partial charge is 0.255 e. The van der Waals surface area contributed by atoms with E-state index in [1.165, 1.54) is 0 Å². The molecule has 2 unspecified atom stereocenters. The van der Waals surface area contributed by atoms with E-state index in [-0.39, 0.29) is 17.9 Å². The van der Waals surface area contributed by atoms with Crippen LogP contribution in [-0.2, 0) is 14.3 Å². The van der Waals surface area contributed by atoms with Gasteiger partial charge in [-0.1, -0.05) is 11.6 Å². The van der Waals surface area contributed by atoms with E-state index in [2.05, 4.69) is 5.32 Å². The van der Waals surface area contributed by atoms with Gasteiger partial charge in [-0.3, -0.25) is 9.59 Å². The van der Waals surface area contributed by atoms with Crippen LogP contribution < -0.4 is 5.32 Å². The molecule has 1 N–H and O–H groups in total. The summed E-state index contributed by atoms with van der Waals surface area (Å²) < 4.78 is 11.1. The fourth-order valence-corrected chi connectivity index (χ4v) is 3.06. The number of carbonyl (C=O) groups excluding carboxylic acids is 2. The molecule has 0 bridgehead atoms. The number of hydrogen-bond donors (Lipinski definition) is 1. The quantitative estimate of drug-likeness (QED) is 0.748. The van der Waals surface area contributed by atoms with Gasteiger partial charge < -0.3 is 19.7 Å².